The van der Waals surface area contributed by atoms with Gasteiger partial charge in [0.2, 0.25) is 12.2 Å². The number of ketones is 1. The summed E-state index contributed by atoms with van der Waals surface area (Å²) >= 11 is 1.32. The first-order chi connectivity index (χ1) is 19.3. The number of Topliss-reactive ketones (excluding diaryl/α,β-unsaturated/α-hetero) is 1. The molecule has 1 unspecified atom stereocenters. The van der Waals surface area contributed by atoms with E-state index in [9.17, 15) is 27.6 Å². The highest BCUT2D eigenvalue weighted by Gasteiger charge is 2.45. The summed E-state index contributed by atoms with van der Waals surface area (Å²) in [5.41, 5.74) is -1.12. The number of ether oxygens (including phenoxy) is 1. The predicted octanol–water partition coefficient (Wildman–Crippen LogP) is 4.77. The quantitative estimate of drug-likeness (QED) is 0.142. The minimum Gasteiger partial charge on any atom is -0.408 e. The average molecular weight is 600 g/mol. The van der Waals surface area contributed by atoms with E-state index in [1.54, 1.807) is 0 Å². The maximum absolute atomic E-state index is 13.7. The van der Waals surface area contributed by atoms with Crippen molar-refractivity contribution in [3.63, 3.8) is 0 Å². The highest BCUT2D eigenvalue weighted by atomic mass is 32.2. The first kappa shape index (κ1) is 32.4. The number of aromatic nitrogens is 2. The summed E-state index contributed by atoms with van der Waals surface area (Å²) in [4.78, 5) is 43.1. The van der Waals surface area contributed by atoms with Gasteiger partial charge in [-0.05, 0) is 76.4 Å². The molecule has 3 rings (SSSR count). The molecule has 1 N–H and O–H groups in total. The van der Waals surface area contributed by atoms with Gasteiger partial charge < -0.3 is 24.3 Å². The van der Waals surface area contributed by atoms with Crippen LogP contribution in [-0.4, -0.2) is 82.6 Å². The van der Waals surface area contributed by atoms with Gasteiger partial charge in [-0.1, -0.05) is 32.0 Å². The van der Waals surface area contributed by atoms with Crippen LogP contribution in [0.5, 0.6) is 5.75 Å². The van der Waals surface area contributed by atoms with Gasteiger partial charge in [-0.3, -0.25) is 14.4 Å². The van der Waals surface area contributed by atoms with Crippen molar-refractivity contribution in [1.29, 1.82) is 0 Å². The van der Waals surface area contributed by atoms with E-state index >= 15 is 0 Å². The Morgan fingerprint density at radius 3 is 2.37 bits per heavy atom. The van der Waals surface area contributed by atoms with Crippen molar-refractivity contribution >= 4 is 29.9 Å². The van der Waals surface area contributed by atoms with E-state index in [1.165, 1.54) is 28.8 Å². The first-order valence-electron chi connectivity index (χ1n) is 13.4. The van der Waals surface area contributed by atoms with Crippen molar-refractivity contribution in [2.75, 3.05) is 26.4 Å². The molecular weight excluding hydrogens is 563 g/mol. The number of nitrogens with one attached hydrogen (secondary N) is 1. The molecule has 1 atom stereocenters. The van der Waals surface area contributed by atoms with Crippen LogP contribution in [0.15, 0.2) is 33.9 Å². The molecule has 1 aliphatic rings. The molecule has 1 fully saturated rings. The molecule has 0 radical (unpaired) electrons. The Hall–Kier alpha value is -3.13. The van der Waals surface area contributed by atoms with E-state index < -0.39 is 35.5 Å². The molecule has 1 aromatic carbocycles. The third-order valence-electron chi connectivity index (χ3n) is 6.70. The zero-order chi connectivity index (χ0) is 30.2. The first-order valence-corrected chi connectivity index (χ1v) is 14.4. The highest BCUT2D eigenvalue weighted by Crippen LogP contribution is 2.35. The Morgan fingerprint density at radius 2 is 1.80 bits per heavy atom. The summed E-state index contributed by atoms with van der Waals surface area (Å²) in [5, 5.41) is 11.1. The molecule has 0 spiro atoms. The molecule has 0 aliphatic heterocycles. The number of hydrogen-bond acceptors (Lipinski definition) is 9. The summed E-state index contributed by atoms with van der Waals surface area (Å²) in [6.45, 7) is 4.60. The van der Waals surface area contributed by atoms with Gasteiger partial charge in [0.25, 0.3) is 17.0 Å². The minimum atomic E-state index is -4.86. The third-order valence-corrected chi connectivity index (χ3v) is 7.50. The van der Waals surface area contributed by atoms with Crippen LogP contribution >= 0.6 is 11.8 Å². The number of amides is 2. The Bertz CT molecular complexity index is 1170. The molecule has 1 heterocycles. The number of hydrogen-bond donors (Lipinski definition) is 1. The summed E-state index contributed by atoms with van der Waals surface area (Å²) in [5.74, 6) is -1.11. The second kappa shape index (κ2) is 14.2. The van der Waals surface area contributed by atoms with Crippen LogP contribution in [0.2, 0.25) is 0 Å². The van der Waals surface area contributed by atoms with Crippen molar-refractivity contribution in [2.24, 2.45) is 5.92 Å². The van der Waals surface area contributed by atoms with Gasteiger partial charge in [-0.2, -0.15) is 0 Å². The second-order valence-electron chi connectivity index (χ2n) is 10.7. The van der Waals surface area contributed by atoms with Crippen LogP contribution in [0.1, 0.15) is 73.4 Å². The maximum atomic E-state index is 13.7. The number of benzene rings is 1. The van der Waals surface area contributed by atoms with Gasteiger partial charge in [0.1, 0.15) is 17.5 Å². The lowest BCUT2D eigenvalue weighted by molar-refractivity contribution is -0.274. The van der Waals surface area contributed by atoms with E-state index in [2.05, 4.69) is 20.3 Å². The van der Waals surface area contributed by atoms with Crippen LogP contribution in [0, 0.1) is 5.92 Å². The van der Waals surface area contributed by atoms with Crippen molar-refractivity contribution in [3.8, 4) is 5.75 Å². The molecule has 1 aliphatic carbocycles. The van der Waals surface area contributed by atoms with E-state index in [0.717, 1.165) is 25.1 Å². The fourth-order valence-electron chi connectivity index (χ4n) is 4.77. The Kier molecular flexibility index (Phi) is 11.2. The van der Waals surface area contributed by atoms with Crippen molar-refractivity contribution < 1.29 is 36.7 Å². The van der Waals surface area contributed by atoms with Crippen LogP contribution in [0.4, 0.5) is 13.2 Å². The number of alkyl halides is 3. The topological polar surface area (TPSA) is 118 Å². The fourth-order valence-corrected chi connectivity index (χ4v) is 5.64. The molecule has 226 valence electrons. The van der Waals surface area contributed by atoms with Crippen LogP contribution in [0.3, 0.4) is 0 Å². The fraction of sp³-hybridized carbons (Fsp3) is 0.593. The normalized spacial score (nSPS) is 15.9. The number of carbonyl (C=O) groups is 3. The Balaban J connectivity index is 1.87. The van der Waals surface area contributed by atoms with E-state index in [1.807, 2.05) is 32.8 Å². The number of carbonyl (C=O) groups excluding carboxylic acids is 3. The lowest BCUT2D eigenvalue weighted by Crippen LogP contribution is -2.65. The zero-order valence-electron chi connectivity index (χ0n) is 23.6. The monoisotopic (exact) mass is 599 g/mol. The summed E-state index contributed by atoms with van der Waals surface area (Å²) in [6, 6.07) is 3.52. The second-order valence-corrected chi connectivity index (χ2v) is 11.7. The summed E-state index contributed by atoms with van der Waals surface area (Å²) in [6.07, 6.45) is -0.952. The molecule has 1 saturated carbocycles. The number of thioether (sulfide) groups is 1. The molecule has 41 heavy (non-hydrogen) atoms. The van der Waals surface area contributed by atoms with E-state index in [-0.39, 0.29) is 29.0 Å². The van der Waals surface area contributed by atoms with E-state index in [0.29, 0.717) is 37.8 Å². The van der Waals surface area contributed by atoms with Gasteiger partial charge >= 0.3 is 6.36 Å². The van der Waals surface area contributed by atoms with E-state index in [4.69, 9.17) is 4.42 Å². The van der Waals surface area contributed by atoms with Crippen LogP contribution in [0.25, 0.3) is 0 Å². The van der Waals surface area contributed by atoms with Gasteiger partial charge in [-0.15, -0.1) is 23.4 Å². The smallest absolute Gasteiger partial charge is 0.408 e. The van der Waals surface area contributed by atoms with Crippen molar-refractivity contribution in [3.05, 3.63) is 35.7 Å². The van der Waals surface area contributed by atoms with Gasteiger partial charge in [0.05, 0.1) is 0 Å². The number of halogens is 3. The van der Waals surface area contributed by atoms with Gasteiger partial charge in [-0.25, -0.2) is 0 Å². The number of rotatable bonds is 14. The lowest BCUT2D eigenvalue weighted by atomic mass is 9.84. The Morgan fingerprint density at radius 1 is 1.15 bits per heavy atom. The van der Waals surface area contributed by atoms with Crippen molar-refractivity contribution in [2.45, 2.75) is 75.7 Å². The largest absolute Gasteiger partial charge is 0.573 e. The molecule has 10 nitrogen and oxygen atoms in total. The molecule has 0 bridgehead atoms. The van der Waals surface area contributed by atoms with Crippen LogP contribution < -0.4 is 10.1 Å². The SMILES string of the molecule is CC(C)CC(C(=O)c1nnc(SCCN(C)C)o1)N(C=O)C1(NC(=O)c2ccc(OC(F)(F)F)cc2)CCCCC1. The van der Waals surface area contributed by atoms with Gasteiger partial charge in [0, 0.05) is 17.9 Å². The minimum absolute atomic E-state index is 0.000720. The molecule has 2 amide bonds. The Labute approximate surface area is 241 Å². The number of nitrogens with zero attached hydrogens (tertiary/aromatic N) is 4. The molecule has 2 aromatic rings. The van der Waals surface area contributed by atoms with Gasteiger partial charge in [0.15, 0.2) is 0 Å². The molecular formula is C27H36F3N5O5S. The third kappa shape index (κ3) is 9.18. The zero-order valence-corrected chi connectivity index (χ0v) is 24.4. The van der Waals surface area contributed by atoms with Crippen molar-refractivity contribution in [1.82, 2.24) is 25.3 Å². The average Bonchev–Trinajstić information content (AvgIpc) is 3.36. The standard InChI is InChI=1S/C27H36F3N5O5S/c1-18(2)16-21(22(37)24-32-33-25(39-24)41-15-14-34(3)4)35(17-36)26(12-6-5-7-13-26)31-23(38)19-8-10-20(11-9-19)40-27(28,29)30/h8-11,17-18,21H,5-7,12-16H2,1-4H3,(H,31,38). The maximum Gasteiger partial charge on any atom is 0.573 e. The lowest BCUT2D eigenvalue weighted by Gasteiger charge is -2.48. The highest BCUT2D eigenvalue weighted by molar-refractivity contribution is 7.99. The van der Waals surface area contributed by atoms with Crippen LogP contribution in [-0.2, 0) is 4.79 Å². The predicted molar refractivity (Wildman–Crippen MR) is 145 cm³/mol. The molecule has 1 aromatic heterocycles. The summed E-state index contributed by atoms with van der Waals surface area (Å²) < 4.78 is 47.2. The summed E-state index contributed by atoms with van der Waals surface area (Å²) in [7, 11) is 3.87. The molecule has 14 heteroatoms. The molecule has 0 saturated heterocycles.